The van der Waals surface area contributed by atoms with E-state index in [1.807, 2.05) is 72.9 Å². The van der Waals surface area contributed by atoms with Crippen molar-refractivity contribution >= 4 is 70.8 Å². The van der Waals surface area contributed by atoms with Gasteiger partial charge >= 0.3 is 0 Å². The quantitative estimate of drug-likeness (QED) is 0.123. The van der Waals surface area contributed by atoms with Crippen molar-refractivity contribution in [2.24, 2.45) is 0 Å². The summed E-state index contributed by atoms with van der Waals surface area (Å²) in [6, 6.07) is 48.0. The number of para-hydroxylation sites is 4. The van der Waals surface area contributed by atoms with Crippen molar-refractivity contribution in [3.63, 3.8) is 0 Å². The van der Waals surface area contributed by atoms with Crippen molar-refractivity contribution in [1.29, 1.82) is 0 Å². The van der Waals surface area contributed by atoms with Crippen molar-refractivity contribution in [3.8, 4) is 45.1 Å². The number of hydrogen-bond donors (Lipinski definition) is 0. The summed E-state index contributed by atoms with van der Waals surface area (Å²) < 4.78 is 99.8. The molecule has 0 fully saturated rings. The van der Waals surface area contributed by atoms with E-state index in [9.17, 15) is 0 Å². The molecule has 65 heavy (non-hydrogen) atoms. The van der Waals surface area contributed by atoms with E-state index in [0.29, 0.717) is 28.2 Å². The van der Waals surface area contributed by atoms with E-state index in [-0.39, 0.29) is 27.9 Å². The summed E-state index contributed by atoms with van der Waals surface area (Å²) >= 11 is 0. The van der Waals surface area contributed by atoms with Gasteiger partial charge in [-0.15, -0.1) is 0 Å². The zero-order valence-corrected chi connectivity index (χ0v) is 34.4. The summed E-state index contributed by atoms with van der Waals surface area (Å²) in [5.41, 5.74) is 4.77. The Morgan fingerprint density at radius 2 is 1.05 bits per heavy atom. The molecular weight excluding hydrogens is 793 g/mol. The molecule has 0 aliphatic rings. The second kappa shape index (κ2) is 14.9. The normalized spacial score (nSPS) is 13.8. The maximum absolute atomic E-state index is 9.05. The number of nitrogens with zero attached hydrogens (tertiary/aromatic N) is 4. The monoisotopic (exact) mass is 840 g/mol. The Balaban J connectivity index is 1.01. The average Bonchev–Trinajstić information content (AvgIpc) is 4.00. The Bertz CT molecular complexity index is 4520. The van der Waals surface area contributed by atoms with Gasteiger partial charge in [0.2, 0.25) is 0 Å². The Morgan fingerprint density at radius 1 is 0.477 bits per heavy atom. The highest BCUT2D eigenvalue weighted by molar-refractivity contribution is 6.24. The van der Waals surface area contributed by atoms with Crippen LogP contribution in [0.5, 0.6) is 11.5 Å². The highest BCUT2D eigenvalue weighted by atomic mass is 16.5. The van der Waals surface area contributed by atoms with Gasteiger partial charge in [-0.2, -0.15) is 0 Å². The number of aromatic nitrogens is 4. The van der Waals surface area contributed by atoms with Crippen LogP contribution in [0.15, 0.2) is 230 Å². The van der Waals surface area contributed by atoms with Gasteiger partial charge in [-0.25, -0.2) is 4.98 Å². The van der Waals surface area contributed by atoms with Crippen molar-refractivity contribution in [2.45, 2.75) is 0 Å². The summed E-state index contributed by atoms with van der Waals surface area (Å²) in [6.07, 6.45) is 5.29. The van der Waals surface area contributed by atoms with Gasteiger partial charge in [0.1, 0.15) is 17.1 Å². The highest BCUT2D eigenvalue weighted by Gasteiger charge is 2.21. The molecule has 0 spiro atoms. The summed E-state index contributed by atoms with van der Waals surface area (Å²) in [4.78, 5) is 5.09. The molecule has 304 valence electrons. The zero-order valence-electron chi connectivity index (χ0n) is 44.4. The van der Waals surface area contributed by atoms with E-state index in [0.717, 1.165) is 59.8 Å². The van der Waals surface area contributed by atoms with E-state index in [2.05, 4.69) is 89.6 Å². The molecular formula is C60H38N4O. The summed E-state index contributed by atoms with van der Waals surface area (Å²) in [6.45, 7) is 0. The third kappa shape index (κ3) is 5.94. The maximum Gasteiger partial charge on any atom is 0.269 e. The van der Waals surface area contributed by atoms with Crippen LogP contribution in [0, 0.1) is 6.33 Å². The lowest BCUT2D eigenvalue weighted by Gasteiger charge is -2.17. The molecule has 5 nitrogen and oxygen atoms in total. The first-order valence-corrected chi connectivity index (χ1v) is 21.1. The molecule has 0 amide bonds. The summed E-state index contributed by atoms with van der Waals surface area (Å²) in [7, 11) is 0. The van der Waals surface area contributed by atoms with Crippen LogP contribution in [0.25, 0.3) is 104 Å². The van der Waals surface area contributed by atoms with Gasteiger partial charge in [0.25, 0.3) is 6.33 Å². The topological polar surface area (TPSA) is 35.3 Å². The number of pyridine rings is 1. The van der Waals surface area contributed by atoms with E-state index < -0.39 is 60.4 Å². The van der Waals surface area contributed by atoms with Crippen LogP contribution in [0.3, 0.4) is 0 Å². The molecule has 0 radical (unpaired) electrons. The van der Waals surface area contributed by atoms with Crippen LogP contribution in [-0.2, 0) is 0 Å². The first-order chi connectivity index (χ1) is 36.4. The first kappa shape index (κ1) is 28.0. The highest BCUT2D eigenvalue weighted by Crippen LogP contribution is 2.40. The molecule has 0 bridgehead atoms. The molecule has 5 heteroatoms. The Morgan fingerprint density at radius 3 is 1.77 bits per heavy atom. The predicted molar refractivity (Wildman–Crippen MR) is 266 cm³/mol. The molecule has 0 aliphatic heterocycles. The van der Waals surface area contributed by atoms with Crippen LogP contribution >= 0.6 is 0 Å². The number of rotatable bonds is 6. The molecule has 4 heterocycles. The summed E-state index contributed by atoms with van der Waals surface area (Å²) in [5, 5.41) is 8.58. The van der Waals surface area contributed by atoms with E-state index >= 15 is 0 Å². The maximum atomic E-state index is 9.05. The third-order valence-electron chi connectivity index (χ3n) is 12.2. The molecule has 13 rings (SSSR count). The van der Waals surface area contributed by atoms with E-state index in [4.69, 9.17) is 23.4 Å². The number of hydrogen-bond acceptors (Lipinski definition) is 2. The lowest BCUT2D eigenvalue weighted by molar-refractivity contribution is -0.571. The zero-order chi connectivity index (χ0) is 51.6. The molecule has 0 atom stereocenters. The molecule has 4 aromatic heterocycles. The fourth-order valence-corrected chi connectivity index (χ4v) is 9.44. The van der Waals surface area contributed by atoms with Gasteiger partial charge in [0.05, 0.1) is 47.1 Å². The van der Waals surface area contributed by atoms with Crippen molar-refractivity contribution < 1.29 is 23.0 Å². The number of ether oxygens (including phenoxy) is 1. The SMILES string of the molecule is [2H]c1c([2H])c([2H])c(-c2cccc(-c3c([2H])c([2H])c([2H])c([2H])c3[2H])c2-[n+]2[c-]n(-c3cccc(Oc4ccc5c6cccc7c8ccccc8c8ccccc8c8cccnc8n(c5c4)c76)c3)c3ccccc32)c([2H])c1[2H]. The van der Waals surface area contributed by atoms with Gasteiger partial charge in [-0.05, 0) is 86.3 Å². The van der Waals surface area contributed by atoms with E-state index in [1.165, 1.54) is 0 Å². The number of imidazole rings is 1. The lowest BCUT2D eigenvalue weighted by atomic mass is 9.95. The fourth-order valence-electron chi connectivity index (χ4n) is 9.44. The minimum atomic E-state index is -0.568. The molecule has 0 saturated heterocycles. The van der Waals surface area contributed by atoms with Crippen LogP contribution in [0.1, 0.15) is 13.7 Å². The standard InChI is InChI=1S/C60H38N4O/c1-3-17-40(18-4-1)45-27-14-28-46(41-19-5-2-6-20-41)58(45)63-39-62(55-32-11-12-33-56(55)63)42-21-13-22-43(37-42)65-44-34-35-51-53-30-15-29-52-49-25-9-7-23-47(49)48-24-8-10-26-50(48)54-31-16-36-61-60(54)64(59(52)53)57(51)38-44/h1-38H/i1D,2D,3D,4D,5D,6D,17D,18D,19D,20D. The first-order valence-electron chi connectivity index (χ1n) is 26.1. The smallest absolute Gasteiger partial charge is 0.269 e. The third-order valence-corrected chi connectivity index (χ3v) is 12.2. The van der Waals surface area contributed by atoms with Gasteiger partial charge in [-0.1, -0.05) is 176 Å². The molecule has 13 aromatic rings. The Labute approximate surface area is 388 Å². The second-order valence-corrected chi connectivity index (χ2v) is 15.7. The molecule has 0 aliphatic carbocycles. The van der Waals surface area contributed by atoms with E-state index in [1.54, 1.807) is 27.3 Å². The average molecular weight is 841 g/mol. The van der Waals surface area contributed by atoms with Gasteiger partial charge in [-0.3, -0.25) is 13.5 Å². The van der Waals surface area contributed by atoms with Crippen molar-refractivity contribution in [2.75, 3.05) is 0 Å². The minimum absolute atomic E-state index is 0.132. The molecule has 0 saturated carbocycles. The van der Waals surface area contributed by atoms with Gasteiger partial charge in [0, 0.05) is 33.8 Å². The molecule has 0 unspecified atom stereocenters. The van der Waals surface area contributed by atoms with Crippen LogP contribution < -0.4 is 9.30 Å². The molecule has 9 aromatic carbocycles. The van der Waals surface area contributed by atoms with Crippen LogP contribution in [-0.4, -0.2) is 14.0 Å². The number of fused-ring (bicyclic) bond motifs is 11. The van der Waals surface area contributed by atoms with Gasteiger partial charge < -0.3 is 4.74 Å². The van der Waals surface area contributed by atoms with Crippen molar-refractivity contribution in [3.05, 3.63) is 237 Å². The second-order valence-electron chi connectivity index (χ2n) is 15.7. The Kier molecular flexibility index (Phi) is 6.43. The van der Waals surface area contributed by atoms with Crippen LogP contribution in [0.2, 0.25) is 0 Å². The van der Waals surface area contributed by atoms with Gasteiger partial charge in [0.15, 0.2) is 0 Å². The largest absolute Gasteiger partial charge is 0.458 e. The predicted octanol–water partition coefficient (Wildman–Crippen LogP) is 14.8. The lowest BCUT2D eigenvalue weighted by Crippen LogP contribution is -2.31. The Hall–Kier alpha value is -8.80. The number of benzene rings is 9. The molecule has 0 N–H and O–H groups in total. The van der Waals surface area contributed by atoms with Crippen LogP contribution in [0.4, 0.5) is 0 Å². The minimum Gasteiger partial charge on any atom is -0.458 e. The summed E-state index contributed by atoms with van der Waals surface area (Å²) in [5.74, 6) is 1.08. The van der Waals surface area contributed by atoms with Crippen molar-refractivity contribution in [1.82, 2.24) is 14.0 Å². The fraction of sp³-hybridized carbons (Fsp3) is 0.